The summed E-state index contributed by atoms with van der Waals surface area (Å²) >= 11 is 0. The molecule has 2 aromatic rings. The van der Waals surface area contributed by atoms with Crippen LogP contribution >= 0.6 is 0 Å². The smallest absolute Gasteiger partial charge is 0.267 e. The zero-order chi connectivity index (χ0) is 11.5. The molecule has 0 aliphatic rings. The maximum Gasteiger partial charge on any atom is 0.267 e. The average Bonchev–Trinajstić information content (AvgIpc) is 2.64. The van der Waals surface area contributed by atoms with Gasteiger partial charge in [0.05, 0.1) is 0 Å². The van der Waals surface area contributed by atoms with Crippen molar-refractivity contribution in [2.24, 2.45) is 5.73 Å². The molecule has 0 aliphatic heterocycles. The molecule has 0 bridgehead atoms. The monoisotopic (exact) mass is 218 g/mol. The highest BCUT2D eigenvalue weighted by atomic mass is 16.1. The summed E-state index contributed by atoms with van der Waals surface area (Å²) in [7, 11) is 0. The van der Waals surface area contributed by atoms with Crippen molar-refractivity contribution >= 4 is 17.7 Å². The Morgan fingerprint density at radius 3 is 3.00 bits per heavy atom. The first-order chi connectivity index (χ1) is 7.65. The van der Waals surface area contributed by atoms with Gasteiger partial charge in [0.15, 0.2) is 5.82 Å². The van der Waals surface area contributed by atoms with Gasteiger partial charge < -0.3 is 11.1 Å². The van der Waals surface area contributed by atoms with Crippen LogP contribution < -0.4 is 11.1 Å². The van der Waals surface area contributed by atoms with Crippen LogP contribution in [0.4, 0.5) is 11.8 Å². The number of primary amides is 1. The summed E-state index contributed by atoms with van der Waals surface area (Å²) in [6.45, 7) is 1.87. The maximum atomic E-state index is 10.9. The fourth-order valence-corrected chi connectivity index (χ4v) is 1.15. The fourth-order valence-electron chi connectivity index (χ4n) is 1.15. The van der Waals surface area contributed by atoms with E-state index in [-0.39, 0.29) is 11.6 Å². The molecule has 7 nitrogen and oxygen atoms in total. The summed E-state index contributed by atoms with van der Waals surface area (Å²) < 4.78 is 0. The number of carbonyl (C=O) groups is 1. The van der Waals surface area contributed by atoms with Crippen LogP contribution in [0, 0.1) is 6.92 Å². The molecule has 0 radical (unpaired) electrons. The molecule has 2 heterocycles. The highest BCUT2D eigenvalue weighted by molar-refractivity contribution is 5.90. The molecular weight excluding hydrogens is 208 g/mol. The van der Waals surface area contributed by atoms with E-state index in [1.165, 1.54) is 12.3 Å². The quantitative estimate of drug-likeness (QED) is 0.688. The first kappa shape index (κ1) is 10.1. The number of aromatic amines is 1. The Kier molecular flexibility index (Phi) is 2.50. The minimum Gasteiger partial charge on any atom is -0.364 e. The summed E-state index contributed by atoms with van der Waals surface area (Å²) in [5.74, 6) is 0.269. The molecule has 7 heteroatoms. The van der Waals surface area contributed by atoms with Gasteiger partial charge in [-0.3, -0.25) is 9.89 Å². The molecule has 0 saturated carbocycles. The van der Waals surface area contributed by atoms with Crippen LogP contribution in [0.3, 0.4) is 0 Å². The van der Waals surface area contributed by atoms with Crippen LogP contribution in [0.25, 0.3) is 0 Å². The number of nitrogens with two attached hydrogens (primary N) is 1. The van der Waals surface area contributed by atoms with E-state index in [1.807, 2.05) is 6.92 Å². The van der Waals surface area contributed by atoms with Gasteiger partial charge in [0.2, 0.25) is 5.95 Å². The first-order valence-corrected chi connectivity index (χ1v) is 4.57. The standard InChI is InChI=1S/C9H10N6O/c1-5-4-7(15-14-5)13-9-11-3-2-6(12-9)8(10)16/h2-4H,1H3,(H2,10,16)(H2,11,12,13,14,15). The van der Waals surface area contributed by atoms with Gasteiger partial charge in [-0.15, -0.1) is 0 Å². The summed E-state index contributed by atoms with van der Waals surface area (Å²) in [6, 6.07) is 3.24. The Labute approximate surface area is 91.1 Å². The van der Waals surface area contributed by atoms with Gasteiger partial charge in [-0.1, -0.05) is 0 Å². The van der Waals surface area contributed by atoms with Gasteiger partial charge in [0.1, 0.15) is 5.69 Å². The summed E-state index contributed by atoms with van der Waals surface area (Å²) in [6.07, 6.45) is 1.45. The lowest BCUT2D eigenvalue weighted by molar-refractivity contribution is 0.0995. The van der Waals surface area contributed by atoms with Crippen molar-refractivity contribution in [1.29, 1.82) is 0 Å². The second-order valence-corrected chi connectivity index (χ2v) is 3.19. The summed E-state index contributed by atoms with van der Waals surface area (Å²) in [5, 5.41) is 9.57. The minimum absolute atomic E-state index is 0.157. The third-order valence-corrected chi connectivity index (χ3v) is 1.85. The fraction of sp³-hybridized carbons (Fsp3) is 0.111. The van der Waals surface area contributed by atoms with E-state index in [1.54, 1.807) is 6.07 Å². The van der Waals surface area contributed by atoms with Crippen molar-refractivity contribution in [2.45, 2.75) is 6.92 Å². The minimum atomic E-state index is -0.594. The van der Waals surface area contributed by atoms with E-state index in [0.717, 1.165) is 5.69 Å². The van der Waals surface area contributed by atoms with Gasteiger partial charge in [-0.05, 0) is 13.0 Å². The van der Waals surface area contributed by atoms with E-state index in [0.29, 0.717) is 5.82 Å². The zero-order valence-electron chi connectivity index (χ0n) is 8.56. The van der Waals surface area contributed by atoms with Gasteiger partial charge in [-0.2, -0.15) is 5.10 Å². The van der Waals surface area contributed by atoms with Crippen molar-refractivity contribution in [3.63, 3.8) is 0 Å². The average molecular weight is 218 g/mol. The lowest BCUT2D eigenvalue weighted by atomic mass is 10.4. The number of aromatic nitrogens is 4. The zero-order valence-corrected chi connectivity index (χ0v) is 8.56. The molecule has 0 aliphatic carbocycles. The lowest BCUT2D eigenvalue weighted by Gasteiger charge is -2.01. The number of hydrogen-bond donors (Lipinski definition) is 3. The number of rotatable bonds is 3. The molecule has 16 heavy (non-hydrogen) atoms. The lowest BCUT2D eigenvalue weighted by Crippen LogP contribution is -2.14. The molecule has 2 rings (SSSR count). The van der Waals surface area contributed by atoms with Crippen molar-refractivity contribution in [2.75, 3.05) is 5.32 Å². The number of anilines is 2. The van der Waals surface area contributed by atoms with Gasteiger partial charge in [0.25, 0.3) is 5.91 Å². The number of H-pyrrole nitrogens is 1. The van der Waals surface area contributed by atoms with Crippen LogP contribution in [0.5, 0.6) is 0 Å². The first-order valence-electron chi connectivity index (χ1n) is 4.57. The normalized spacial score (nSPS) is 10.1. The molecule has 4 N–H and O–H groups in total. The molecular formula is C9H10N6O. The third kappa shape index (κ3) is 2.14. The largest absolute Gasteiger partial charge is 0.364 e. The number of hydrogen-bond acceptors (Lipinski definition) is 5. The molecule has 0 aromatic carbocycles. The van der Waals surface area contributed by atoms with Crippen molar-refractivity contribution in [3.8, 4) is 0 Å². The number of amides is 1. The molecule has 2 aromatic heterocycles. The molecule has 82 valence electrons. The third-order valence-electron chi connectivity index (χ3n) is 1.85. The van der Waals surface area contributed by atoms with Gasteiger partial charge in [0, 0.05) is 18.0 Å². The maximum absolute atomic E-state index is 10.9. The van der Waals surface area contributed by atoms with Crippen LogP contribution in [0.2, 0.25) is 0 Å². The summed E-state index contributed by atoms with van der Waals surface area (Å²) in [5.41, 5.74) is 6.17. The Bertz CT molecular complexity index is 520. The van der Waals surface area contributed by atoms with E-state index in [4.69, 9.17) is 5.73 Å². The predicted octanol–water partition coefficient (Wildman–Crippen LogP) is 0.351. The Balaban J connectivity index is 2.21. The summed E-state index contributed by atoms with van der Waals surface area (Å²) in [4.78, 5) is 18.8. The molecule has 0 unspecified atom stereocenters. The molecule has 0 saturated heterocycles. The molecule has 1 amide bonds. The molecule has 0 atom stereocenters. The highest BCUT2D eigenvalue weighted by Crippen LogP contribution is 2.10. The second-order valence-electron chi connectivity index (χ2n) is 3.19. The van der Waals surface area contributed by atoms with Crippen molar-refractivity contribution in [3.05, 3.63) is 29.7 Å². The highest BCUT2D eigenvalue weighted by Gasteiger charge is 2.05. The Morgan fingerprint density at radius 1 is 1.56 bits per heavy atom. The van der Waals surface area contributed by atoms with E-state index >= 15 is 0 Å². The number of nitrogens with one attached hydrogen (secondary N) is 2. The number of carbonyl (C=O) groups excluding carboxylic acids is 1. The Morgan fingerprint density at radius 2 is 2.38 bits per heavy atom. The van der Waals surface area contributed by atoms with Gasteiger partial charge >= 0.3 is 0 Å². The van der Waals surface area contributed by atoms with Crippen LogP contribution in [0.1, 0.15) is 16.2 Å². The van der Waals surface area contributed by atoms with Crippen LogP contribution in [-0.2, 0) is 0 Å². The van der Waals surface area contributed by atoms with E-state index in [2.05, 4.69) is 25.5 Å². The van der Waals surface area contributed by atoms with Crippen LogP contribution in [-0.4, -0.2) is 26.1 Å². The van der Waals surface area contributed by atoms with Crippen molar-refractivity contribution < 1.29 is 4.79 Å². The van der Waals surface area contributed by atoms with E-state index < -0.39 is 5.91 Å². The SMILES string of the molecule is Cc1cc(Nc2nccc(C(N)=O)n2)n[nH]1. The Hall–Kier alpha value is -2.44. The molecule has 0 fully saturated rings. The second kappa shape index (κ2) is 3.97. The molecule has 0 spiro atoms. The van der Waals surface area contributed by atoms with Crippen LogP contribution in [0.15, 0.2) is 18.3 Å². The van der Waals surface area contributed by atoms with Gasteiger partial charge in [-0.25, -0.2) is 9.97 Å². The topological polar surface area (TPSA) is 110 Å². The van der Waals surface area contributed by atoms with E-state index in [9.17, 15) is 4.79 Å². The predicted molar refractivity (Wildman–Crippen MR) is 57.2 cm³/mol. The van der Waals surface area contributed by atoms with Crippen molar-refractivity contribution in [1.82, 2.24) is 20.2 Å². The number of nitrogens with zero attached hydrogens (tertiary/aromatic N) is 3. The number of aryl methyl sites for hydroxylation is 1.